The van der Waals surface area contributed by atoms with Crippen molar-refractivity contribution in [2.24, 2.45) is 0 Å². The van der Waals surface area contributed by atoms with Crippen LogP contribution in [0.15, 0.2) is 27.6 Å². The van der Waals surface area contributed by atoms with Crippen LogP contribution in [0.1, 0.15) is 12.8 Å². The molecule has 1 heterocycles. The summed E-state index contributed by atoms with van der Waals surface area (Å²) in [6.07, 6.45) is 3.89. The van der Waals surface area contributed by atoms with Gasteiger partial charge in [0.25, 0.3) is 5.56 Å². The smallest absolute Gasteiger partial charge is 0.264 e. The highest BCUT2D eigenvalue weighted by Crippen LogP contribution is 2.39. The van der Waals surface area contributed by atoms with Gasteiger partial charge in [0.1, 0.15) is 0 Å². The number of hydrogen-bond donors (Lipinski definition) is 0. The van der Waals surface area contributed by atoms with E-state index in [4.69, 9.17) is 4.74 Å². The highest BCUT2D eigenvalue weighted by atomic mass is 79.9. The third kappa shape index (κ3) is 1.77. The lowest BCUT2D eigenvalue weighted by Crippen LogP contribution is -2.28. The minimum Gasteiger partial charge on any atom is -0.376 e. The Hall–Kier alpha value is -0.610. The van der Waals surface area contributed by atoms with E-state index in [0.29, 0.717) is 11.0 Å². The normalized spacial score (nSPS) is 18.1. The van der Waals surface area contributed by atoms with Crippen molar-refractivity contribution in [3.05, 3.63) is 33.2 Å². The number of nitrogens with zero attached hydrogens (tertiary/aromatic N) is 1. The lowest BCUT2D eigenvalue weighted by Gasteiger charge is -2.14. The summed E-state index contributed by atoms with van der Waals surface area (Å²) in [6, 6.07) is 3.61. The Morgan fingerprint density at radius 2 is 2.36 bits per heavy atom. The molecular formula is C10H12BrNO2. The number of aromatic nitrogens is 1. The second-order valence-corrected chi connectivity index (χ2v) is 4.53. The first kappa shape index (κ1) is 9.93. The van der Waals surface area contributed by atoms with Crippen LogP contribution >= 0.6 is 15.9 Å². The third-order valence-corrected chi connectivity index (χ3v) is 3.28. The second-order valence-electron chi connectivity index (χ2n) is 3.68. The number of methoxy groups -OCH3 is 1. The fraction of sp³-hybridized carbons (Fsp3) is 0.500. The molecule has 1 fully saturated rings. The Bertz CT molecular complexity index is 395. The fourth-order valence-corrected chi connectivity index (χ4v) is 1.89. The molecule has 76 valence electrons. The van der Waals surface area contributed by atoms with Gasteiger partial charge in [-0.15, -0.1) is 0 Å². The van der Waals surface area contributed by atoms with Crippen LogP contribution in [-0.4, -0.2) is 17.3 Å². The van der Waals surface area contributed by atoms with Gasteiger partial charge in [-0.25, -0.2) is 0 Å². The molecule has 0 aliphatic heterocycles. The first-order valence-corrected chi connectivity index (χ1v) is 5.36. The molecule has 3 nitrogen and oxygen atoms in total. The fourth-order valence-electron chi connectivity index (χ4n) is 1.51. The van der Waals surface area contributed by atoms with Crippen LogP contribution in [0.5, 0.6) is 0 Å². The van der Waals surface area contributed by atoms with E-state index in [2.05, 4.69) is 15.9 Å². The molecule has 1 aromatic rings. The zero-order valence-corrected chi connectivity index (χ0v) is 9.58. The summed E-state index contributed by atoms with van der Waals surface area (Å²) in [5.74, 6) is 0. The minimum atomic E-state index is -0.0788. The molecule has 1 aliphatic rings. The van der Waals surface area contributed by atoms with Crippen molar-refractivity contribution in [3.63, 3.8) is 0 Å². The summed E-state index contributed by atoms with van der Waals surface area (Å²) in [5, 5.41) is 0. The minimum absolute atomic E-state index is 0.0100. The molecule has 0 saturated heterocycles. The molecule has 4 heteroatoms. The van der Waals surface area contributed by atoms with Crippen LogP contribution in [0.3, 0.4) is 0 Å². The standard InChI is InChI=1S/C10H12BrNO2/c1-14-10(4-5-10)7-12-6-2-3-8(11)9(12)13/h2-3,6H,4-5,7H2,1H3. The topological polar surface area (TPSA) is 31.2 Å². The number of ether oxygens (including phenoxy) is 1. The summed E-state index contributed by atoms with van der Waals surface area (Å²) < 4.78 is 7.67. The summed E-state index contributed by atoms with van der Waals surface area (Å²) in [4.78, 5) is 11.7. The second kappa shape index (κ2) is 3.51. The van der Waals surface area contributed by atoms with Gasteiger partial charge in [-0.3, -0.25) is 4.79 Å². The van der Waals surface area contributed by atoms with Gasteiger partial charge in [0.05, 0.1) is 16.6 Å². The number of pyridine rings is 1. The Labute approximate surface area is 90.8 Å². The number of hydrogen-bond acceptors (Lipinski definition) is 2. The molecule has 1 aromatic heterocycles. The zero-order valence-electron chi connectivity index (χ0n) is 8.00. The first-order valence-electron chi connectivity index (χ1n) is 4.57. The molecule has 1 aliphatic carbocycles. The lowest BCUT2D eigenvalue weighted by molar-refractivity contribution is 0.0642. The molecule has 0 atom stereocenters. The monoisotopic (exact) mass is 257 g/mol. The first-order chi connectivity index (χ1) is 6.67. The highest BCUT2D eigenvalue weighted by molar-refractivity contribution is 9.10. The molecule has 0 N–H and O–H groups in total. The molecule has 2 rings (SSSR count). The molecule has 0 unspecified atom stereocenters. The van der Waals surface area contributed by atoms with Crippen LogP contribution < -0.4 is 5.56 Å². The predicted octanol–water partition coefficient (Wildman–Crippen LogP) is 1.79. The maximum absolute atomic E-state index is 11.7. The molecule has 0 radical (unpaired) electrons. The summed E-state index contributed by atoms with van der Waals surface area (Å²) in [7, 11) is 1.70. The van der Waals surface area contributed by atoms with Crippen molar-refractivity contribution in [2.45, 2.75) is 25.0 Å². The van der Waals surface area contributed by atoms with Gasteiger partial charge in [-0.05, 0) is 40.9 Å². The molecule has 1 saturated carbocycles. The highest BCUT2D eigenvalue weighted by Gasteiger charge is 2.43. The van der Waals surface area contributed by atoms with E-state index in [-0.39, 0.29) is 11.2 Å². The van der Waals surface area contributed by atoms with Gasteiger partial charge >= 0.3 is 0 Å². The Balaban J connectivity index is 2.25. The summed E-state index contributed by atoms with van der Waals surface area (Å²) >= 11 is 3.22. The van der Waals surface area contributed by atoms with Crippen molar-refractivity contribution in [3.8, 4) is 0 Å². The van der Waals surface area contributed by atoms with Crippen molar-refractivity contribution < 1.29 is 4.74 Å². The third-order valence-electron chi connectivity index (χ3n) is 2.67. The van der Waals surface area contributed by atoms with E-state index in [9.17, 15) is 4.79 Å². The lowest BCUT2D eigenvalue weighted by atomic mass is 10.3. The van der Waals surface area contributed by atoms with E-state index in [1.807, 2.05) is 6.07 Å². The van der Waals surface area contributed by atoms with Gasteiger partial charge < -0.3 is 9.30 Å². The van der Waals surface area contributed by atoms with E-state index in [0.717, 1.165) is 12.8 Å². The molecule has 0 aromatic carbocycles. The van der Waals surface area contributed by atoms with Crippen LogP contribution in [0.25, 0.3) is 0 Å². The SMILES string of the molecule is COC1(Cn2cccc(Br)c2=O)CC1. The van der Waals surface area contributed by atoms with E-state index in [1.165, 1.54) is 0 Å². The van der Waals surface area contributed by atoms with Gasteiger partial charge in [-0.1, -0.05) is 0 Å². The van der Waals surface area contributed by atoms with E-state index < -0.39 is 0 Å². The van der Waals surface area contributed by atoms with Gasteiger partial charge in [0.15, 0.2) is 0 Å². The molecule has 0 amide bonds. The average molecular weight is 258 g/mol. The van der Waals surface area contributed by atoms with Crippen LogP contribution in [0.2, 0.25) is 0 Å². The van der Waals surface area contributed by atoms with E-state index in [1.54, 1.807) is 23.9 Å². The summed E-state index contributed by atoms with van der Waals surface area (Å²) in [6.45, 7) is 0.655. The number of rotatable bonds is 3. The van der Waals surface area contributed by atoms with Crippen molar-refractivity contribution in [1.29, 1.82) is 0 Å². The Kier molecular flexibility index (Phi) is 2.49. The molecule has 0 spiro atoms. The molecular weight excluding hydrogens is 246 g/mol. The Morgan fingerprint density at radius 3 is 2.93 bits per heavy atom. The predicted molar refractivity (Wildman–Crippen MR) is 57.4 cm³/mol. The molecule has 0 bridgehead atoms. The maximum Gasteiger partial charge on any atom is 0.264 e. The van der Waals surface area contributed by atoms with Crippen LogP contribution in [-0.2, 0) is 11.3 Å². The van der Waals surface area contributed by atoms with Crippen molar-refractivity contribution >= 4 is 15.9 Å². The van der Waals surface area contributed by atoms with Gasteiger partial charge in [0.2, 0.25) is 0 Å². The van der Waals surface area contributed by atoms with Crippen LogP contribution in [0, 0.1) is 0 Å². The van der Waals surface area contributed by atoms with Gasteiger partial charge in [-0.2, -0.15) is 0 Å². The quantitative estimate of drug-likeness (QED) is 0.827. The van der Waals surface area contributed by atoms with Crippen molar-refractivity contribution in [2.75, 3.05) is 7.11 Å². The zero-order chi connectivity index (χ0) is 10.2. The van der Waals surface area contributed by atoms with Crippen molar-refractivity contribution in [1.82, 2.24) is 4.57 Å². The Morgan fingerprint density at radius 1 is 1.64 bits per heavy atom. The van der Waals surface area contributed by atoms with Gasteiger partial charge in [0, 0.05) is 13.3 Å². The van der Waals surface area contributed by atoms with E-state index >= 15 is 0 Å². The number of halogens is 1. The maximum atomic E-state index is 11.7. The summed E-state index contributed by atoms with van der Waals surface area (Å²) in [5.41, 5.74) is -0.0687. The average Bonchev–Trinajstić information content (AvgIpc) is 2.94. The molecule has 14 heavy (non-hydrogen) atoms. The largest absolute Gasteiger partial charge is 0.376 e. The van der Waals surface area contributed by atoms with Crippen LogP contribution in [0.4, 0.5) is 0 Å².